The van der Waals surface area contributed by atoms with E-state index in [0.717, 1.165) is 6.20 Å². The highest BCUT2D eigenvalue weighted by Crippen LogP contribution is 2.24. The Morgan fingerprint density at radius 1 is 1.57 bits per heavy atom. The number of rotatable bonds is 3. The van der Waals surface area contributed by atoms with E-state index in [4.69, 9.17) is 4.74 Å². The molecule has 1 amide bonds. The fourth-order valence-corrected chi connectivity index (χ4v) is 2.24. The Morgan fingerprint density at radius 3 is 2.90 bits per heavy atom. The molecule has 2 heterocycles. The van der Waals surface area contributed by atoms with E-state index in [-0.39, 0.29) is 29.3 Å². The number of aromatic nitrogens is 1. The zero-order chi connectivity index (χ0) is 15.6. The maximum absolute atomic E-state index is 12.7. The van der Waals surface area contributed by atoms with Crippen molar-refractivity contribution in [1.29, 1.82) is 0 Å². The predicted octanol–water partition coefficient (Wildman–Crippen LogP) is 1.28. The molecular weight excluding hydrogens is 276 g/mol. The lowest BCUT2D eigenvalue weighted by Gasteiger charge is -2.36. The van der Waals surface area contributed by atoms with Crippen molar-refractivity contribution >= 4 is 17.4 Å². The third-order valence-corrected chi connectivity index (χ3v) is 3.43. The molecule has 0 saturated carbocycles. The lowest BCUT2D eigenvalue weighted by Crippen LogP contribution is -2.50. The number of carbonyl (C=O) groups is 1. The number of carbonyl (C=O) groups excluding carboxylic acids is 1. The lowest BCUT2D eigenvalue weighted by atomic mass is 10.1. The van der Waals surface area contributed by atoms with Gasteiger partial charge in [-0.1, -0.05) is 0 Å². The fraction of sp³-hybridized carbons (Fsp3) is 0.538. The van der Waals surface area contributed by atoms with E-state index in [9.17, 15) is 14.9 Å². The van der Waals surface area contributed by atoms with Gasteiger partial charge in [0.05, 0.1) is 23.7 Å². The molecule has 1 saturated heterocycles. The van der Waals surface area contributed by atoms with Crippen molar-refractivity contribution in [2.24, 2.45) is 0 Å². The first-order valence-corrected chi connectivity index (χ1v) is 6.68. The Bertz CT molecular complexity index is 563. The van der Waals surface area contributed by atoms with E-state index in [0.29, 0.717) is 19.0 Å². The molecule has 1 aliphatic rings. The number of nitrogens with one attached hydrogen (secondary N) is 1. The van der Waals surface area contributed by atoms with Gasteiger partial charge in [0, 0.05) is 19.7 Å². The maximum Gasteiger partial charge on any atom is 0.300 e. The molecule has 1 aromatic rings. The normalized spacial score (nSPS) is 22.0. The van der Waals surface area contributed by atoms with E-state index in [2.05, 4.69) is 10.3 Å². The van der Waals surface area contributed by atoms with Crippen LogP contribution in [0.2, 0.25) is 0 Å². The topological polar surface area (TPSA) is 97.6 Å². The summed E-state index contributed by atoms with van der Waals surface area (Å²) >= 11 is 0. The van der Waals surface area contributed by atoms with Crippen molar-refractivity contribution in [3.63, 3.8) is 0 Å². The van der Waals surface area contributed by atoms with Gasteiger partial charge in [-0.25, -0.2) is 4.98 Å². The van der Waals surface area contributed by atoms with Crippen molar-refractivity contribution in [3.05, 3.63) is 27.9 Å². The van der Waals surface area contributed by atoms with Crippen molar-refractivity contribution in [2.75, 3.05) is 25.5 Å². The first kappa shape index (κ1) is 15.2. The molecule has 2 unspecified atom stereocenters. The quantitative estimate of drug-likeness (QED) is 0.666. The van der Waals surface area contributed by atoms with Gasteiger partial charge in [-0.2, -0.15) is 0 Å². The monoisotopic (exact) mass is 294 g/mol. The fourth-order valence-electron chi connectivity index (χ4n) is 2.24. The molecule has 0 aliphatic carbocycles. The number of anilines is 1. The minimum Gasteiger partial charge on any atom is -0.375 e. The van der Waals surface area contributed by atoms with E-state index < -0.39 is 4.92 Å². The number of pyridine rings is 1. The Hall–Kier alpha value is -2.22. The second-order valence-electron chi connectivity index (χ2n) is 5.04. The van der Waals surface area contributed by atoms with Crippen LogP contribution in [-0.2, 0) is 4.74 Å². The van der Waals surface area contributed by atoms with E-state index >= 15 is 0 Å². The van der Waals surface area contributed by atoms with Crippen LogP contribution in [0.4, 0.5) is 11.5 Å². The van der Waals surface area contributed by atoms with Crippen LogP contribution in [0.1, 0.15) is 24.2 Å². The Labute approximate surface area is 122 Å². The molecule has 0 aromatic carbocycles. The highest BCUT2D eigenvalue weighted by atomic mass is 16.6. The van der Waals surface area contributed by atoms with Gasteiger partial charge < -0.3 is 15.0 Å². The molecule has 8 heteroatoms. The van der Waals surface area contributed by atoms with Gasteiger partial charge in [0.25, 0.3) is 11.6 Å². The summed E-state index contributed by atoms with van der Waals surface area (Å²) < 4.78 is 5.48. The number of nitro groups is 1. The van der Waals surface area contributed by atoms with Crippen LogP contribution in [0.15, 0.2) is 12.3 Å². The molecule has 114 valence electrons. The van der Waals surface area contributed by atoms with Gasteiger partial charge in [-0.3, -0.25) is 14.9 Å². The molecule has 2 rings (SSSR count). The van der Waals surface area contributed by atoms with Crippen LogP contribution in [0.3, 0.4) is 0 Å². The van der Waals surface area contributed by atoms with Crippen LogP contribution in [0.5, 0.6) is 0 Å². The van der Waals surface area contributed by atoms with E-state index in [1.54, 1.807) is 11.9 Å². The van der Waals surface area contributed by atoms with Gasteiger partial charge in [-0.05, 0) is 13.8 Å². The largest absolute Gasteiger partial charge is 0.375 e. The summed E-state index contributed by atoms with van der Waals surface area (Å²) in [5.41, 5.74) is -0.245. The molecule has 1 fully saturated rings. The summed E-state index contributed by atoms with van der Waals surface area (Å²) in [6.45, 7) is 4.56. The van der Waals surface area contributed by atoms with Crippen molar-refractivity contribution in [1.82, 2.24) is 9.88 Å². The van der Waals surface area contributed by atoms with Crippen molar-refractivity contribution in [2.45, 2.75) is 26.0 Å². The molecule has 1 aromatic heterocycles. The highest BCUT2D eigenvalue weighted by molar-refractivity contribution is 5.99. The molecule has 0 radical (unpaired) electrons. The highest BCUT2D eigenvalue weighted by Gasteiger charge is 2.32. The molecule has 0 bridgehead atoms. The number of ether oxygens (including phenoxy) is 1. The van der Waals surface area contributed by atoms with Crippen LogP contribution in [0, 0.1) is 10.1 Å². The molecule has 2 atom stereocenters. The van der Waals surface area contributed by atoms with Crippen molar-refractivity contribution < 1.29 is 14.5 Å². The summed E-state index contributed by atoms with van der Waals surface area (Å²) in [4.78, 5) is 28.7. The molecular formula is C13H18N4O4. The number of hydrogen-bond donors (Lipinski definition) is 1. The first-order chi connectivity index (χ1) is 9.93. The number of morpholine rings is 1. The van der Waals surface area contributed by atoms with Gasteiger partial charge in [0.15, 0.2) is 0 Å². The van der Waals surface area contributed by atoms with Crippen LogP contribution in [-0.4, -0.2) is 53.1 Å². The Balaban J connectivity index is 2.39. The Kier molecular flexibility index (Phi) is 4.37. The minimum absolute atomic E-state index is 0.0419. The van der Waals surface area contributed by atoms with Gasteiger partial charge in [0.2, 0.25) is 0 Å². The third-order valence-electron chi connectivity index (χ3n) is 3.43. The zero-order valence-electron chi connectivity index (χ0n) is 12.2. The van der Waals surface area contributed by atoms with Gasteiger partial charge >= 0.3 is 0 Å². The number of hydrogen-bond acceptors (Lipinski definition) is 6. The summed E-state index contributed by atoms with van der Waals surface area (Å²) in [7, 11) is 1.64. The second-order valence-corrected chi connectivity index (χ2v) is 5.04. The summed E-state index contributed by atoms with van der Waals surface area (Å²) in [5.74, 6) is 0.0427. The van der Waals surface area contributed by atoms with E-state index in [1.807, 2.05) is 13.8 Å². The maximum atomic E-state index is 12.7. The smallest absolute Gasteiger partial charge is 0.300 e. The SMILES string of the molecule is CNc1cc(C(=O)N2CC(C)OCC2C)c([N+](=O)[O-])cn1. The molecule has 0 spiro atoms. The predicted molar refractivity (Wildman–Crippen MR) is 76.4 cm³/mol. The molecule has 1 aliphatic heterocycles. The number of nitrogens with zero attached hydrogens (tertiary/aromatic N) is 3. The average Bonchev–Trinajstić information content (AvgIpc) is 2.48. The number of amides is 1. The van der Waals surface area contributed by atoms with Gasteiger partial charge in [-0.15, -0.1) is 0 Å². The standard InChI is InChI=1S/C13H18N4O4/c1-8-7-21-9(2)6-16(8)13(18)10-4-12(14-3)15-5-11(10)17(19)20/h4-5,8-9H,6-7H2,1-3H3,(H,14,15). The Morgan fingerprint density at radius 2 is 2.29 bits per heavy atom. The average molecular weight is 294 g/mol. The molecule has 8 nitrogen and oxygen atoms in total. The molecule has 1 N–H and O–H groups in total. The third kappa shape index (κ3) is 3.10. The van der Waals surface area contributed by atoms with Crippen molar-refractivity contribution in [3.8, 4) is 0 Å². The van der Waals surface area contributed by atoms with Crippen LogP contribution in [0.25, 0.3) is 0 Å². The lowest BCUT2D eigenvalue weighted by molar-refractivity contribution is -0.385. The van der Waals surface area contributed by atoms with Crippen LogP contribution >= 0.6 is 0 Å². The summed E-state index contributed by atoms with van der Waals surface area (Å²) in [6.07, 6.45) is 1.02. The molecule has 21 heavy (non-hydrogen) atoms. The van der Waals surface area contributed by atoms with Crippen LogP contribution < -0.4 is 5.32 Å². The first-order valence-electron chi connectivity index (χ1n) is 6.68. The summed E-state index contributed by atoms with van der Waals surface area (Å²) in [6, 6.07) is 1.28. The minimum atomic E-state index is -0.589. The summed E-state index contributed by atoms with van der Waals surface area (Å²) in [5, 5.41) is 13.9. The second kappa shape index (κ2) is 6.04. The zero-order valence-corrected chi connectivity index (χ0v) is 12.2. The van der Waals surface area contributed by atoms with Gasteiger partial charge in [0.1, 0.15) is 17.6 Å². The van der Waals surface area contributed by atoms with E-state index in [1.165, 1.54) is 6.07 Å².